The number of hydrogen-bond acceptors (Lipinski definition) is 2. The summed E-state index contributed by atoms with van der Waals surface area (Å²) in [5.41, 5.74) is 0.377. The van der Waals surface area contributed by atoms with Crippen LogP contribution in [-0.2, 0) is 4.79 Å². The zero-order chi connectivity index (χ0) is 13.1. The smallest absolute Gasteiger partial charge is 0.217 e. The Labute approximate surface area is 106 Å². The zero-order valence-electron chi connectivity index (χ0n) is 12.0. The molecule has 0 spiro atoms. The molecule has 3 heteroatoms. The number of carbonyl (C=O) groups is 1. The molecule has 0 aromatic heterocycles. The lowest BCUT2D eigenvalue weighted by Crippen LogP contribution is -2.50. The number of nitrogens with one attached hydrogen (secondary N) is 1. The second-order valence-corrected chi connectivity index (χ2v) is 6.62. The van der Waals surface area contributed by atoms with Crippen molar-refractivity contribution in [3.8, 4) is 0 Å². The Morgan fingerprint density at radius 1 is 1.35 bits per heavy atom. The molecule has 1 fully saturated rings. The van der Waals surface area contributed by atoms with Crippen molar-refractivity contribution in [2.45, 2.75) is 53.5 Å². The van der Waals surface area contributed by atoms with Gasteiger partial charge < -0.3 is 10.2 Å². The SMILES string of the molecule is CCN1CC(CC(C)(C)C)CC(NC(C)=O)C1. The van der Waals surface area contributed by atoms with Crippen LogP contribution in [0.3, 0.4) is 0 Å². The van der Waals surface area contributed by atoms with Crippen molar-refractivity contribution in [3.63, 3.8) is 0 Å². The lowest BCUT2D eigenvalue weighted by molar-refractivity contribution is -0.120. The van der Waals surface area contributed by atoms with Crippen LogP contribution in [0, 0.1) is 11.3 Å². The molecule has 0 aromatic carbocycles. The van der Waals surface area contributed by atoms with Crippen LogP contribution in [-0.4, -0.2) is 36.5 Å². The molecule has 100 valence electrons. The highest BCUT2D eigenvalue weighted by atomic mass is 16.1. The second-order valence-electron chi connectivity index (χ2n) is 6.62. The second kappa shape index (κ2) is 5.85. The van der Waals surface area contributed by atoms with Crippen molar-refractivity contribution < 1.29 is 4.79 Å². The van der Waals surface area contributed by atoms with Crippen LogP contribution in [0.2, 0.25) is 0 Å². The summed E-state index contributed by atoms with van der Waals surface area (Å²) >= 11 is 0. The fourth-order valence-corrected chi connectivity index (χ4v) is 2.97. The fraction of sp³-hybridized carbons (Fsp3) is 0.929. The van der Waals surface area contributed by atoms with Crippen LogP contribution < -0.4 is 5.32 Å². The van der Waals surface area contributed by atoms with E-state index in [4.69, 9.17) is 0 Å². The predicted molar refractivity (Wildman–Crippen MR) is 71.9 cm³/mol. The summed E-state index contributed by atoms with van der Waals surface area (Å²) in [5.74, 6) is 0.808. The maximum absolute atomic E-state index is 11.2. The van der Waals surface area contributed by atoms with Crippen LogP contribution in [0.5, 0.6) is 0 Å². The molecule has 0 radical (unpaired) electrons. The van der Waals surface area contributed by atoms with Crippen LogP contribution >= 0.6 is 0 Å². The van der Waals surface area contributed by atoms with Gasteiger partial charge in [-0.05, 0) is 30.7 Å². The van der Waals surface area contributed by atoms with E-state index in [-0.39, 0.29) is 5.91 Å². The van der Waals surface area contributed by atoms with Gasteiger partial charge >= 0.3 is 0 Å². The number of likely N-dealkylation sites (tertiary alicyclic amines) is 1. The molecule has 1 heterocycles. The van der Waals surface area contributed by atoms with E-state index in [1.54, 1.807) is 6.92 Å². The van der Waals surface area contributed by atoms with E-state index in [9.17, 15) is 4.79 Å². The highest BCUT2D eigenvalue weighted by Crippen LogP contribution is 2.30. The summed E-state index contributed by atoms with van der Waals surface area (Å²) < 4.78 is 0. The molecule has 3 nitrogen and oxygen atoms in total. The first-order valence-electron chi connectivity index (χ1n) is 6.79. The molecule has 1 rings (SSSR count). The zero-order valence-corrected chi connectivity index (χ0v) is 12.0. The number of piperidine rings is 1. The van der Waals surface area contributed by atoms with E-state index >= 15 is 0 Å². The quantitative estimate of drug-likeness (QED) is 0.821. The van der Waals surface area contributed by atoms with E-state index in [0.717, 1.165) is 19.5 Å². The van der Waals surface area contributed by atoms with Gasteiger partial charge in [-0.25, -0.2) is 0 Å². The van der Waals surface area contributed by atoms with Crippen molar-refractivity contribution >= 4 is 5.91 Å². The van der Waals surface area contributed by atoms with E-state index in [2.05, 4.69) is 37.9 Å². The number of carbonyl (C=O) groups excluding carboxylic acids is 1. The summed E-state index contributed by atoms with van der Waals surface area (Å²) in [7, 11) is 0. The highest BCUT2D eigenvalue weighted by Gasteiger charge is 2.29. The lowest BCUT2D eigenvalue weighted by atomic mass is 9.80. The highest BCUT2D eigenvalue weighted by molar-refractivity contribution is 5.73. The minimum atomic E-state index is 0.0995. The minimum absolute atomic E-state index is 0.0995. The Morgan fingerprint density at radius 2 is 2.00 bits per heavy atom. The summed E-state index contributed by atoms with van der Waals surface area (Å²) in [6.07, 6.45) is 2.37. The Bertz CT molecular complexity index is 257. The average Bonchev–Trinajstić information content (AvgIpc) is 2.13. The Kier molecular flexibility index (Phi) is 4.99. The largest absolute Gasteiger partial charge is 0.352 e. The minimum Gasteiger partial charge on any atom is -0.352 e. The average molecular weight is 240 g/mol. The molecule has 1 aliphatic heterocycles. The number of rotatable bonds is 3. The maximum Gasteiger partial charge on any atom is 0.217 e. The van der Waals surface area contributed by atoms with Gasteiger partial charge in [-0.1, -0.05) is 27.7 Å². The van der Waals surface area contributed by atoms with Gasteiger partial charge in [0, 0.05) is 26.1 Å². The molecule has 1 aliphatic rings. The molecule has 1 N–H and O–H groups in total. The van der Waals surface area contributed by atoms with Gasteiger partial charge in [0.15, 0.2) is 0 Å². The van der Waals surface area contributed by atoms with Crippen molar-refractivity contribution in [3.05, 3.63) is 0 Å². The third-order valence-corrected chi connectivity index (χ3v) is 3.37. The monoisotopic (exact) mass is 240 g/mol. The standard InChI is InChI=1S/C14H28N2O/c1-6-16-9-12(8-14(3,4)5)7-13(10-16)15-11(2)17/h12-13H,6-10H2,1-5H3,(H,15,17). The summed E-state index contributed by atoms with van der Waals surface area (Å²) in [6.45, 7) is 14.0. The Hall–Kier alpha value is -0.570. The van der Waals surface area contributed by atoms with Crippen LogP contribution in [0.4, 0.5) is 0 Å². The van der Waals surface area contributed by atoms with E-state index < -0.39 is 0 Å². The maximum atomic E-state index is 11.2. The Morgan fingerprint density at radius 3 is 2.47 bits per heavy atom. The van der Waals surface area contributed by atoms with Gasteiger partial charge in [-0.15, -0.1) is 0 Å². The van der Waals surface area contributed by atoms with Gasteiger partial charge in [0.05, 0.1) is 0 Å². The van der Waals surface area contributed by atoms with Crippen molar-refractivity contribution in [2.24, 2.45) is 11.3 Å². The molecular weight excluding hydrogens is 212 g/mol. The topological polar surface area (TPSA) is 32.3 Å². The summed E-state index contributed by atoms with van der Waals surface area (Å²) in [5, 5.41) is 3.08. The predicted octanol–water partition coefficient (Wildman–Crippen LogP) is 2.27. The van der Waals surface area contributed by atoms with Crippen molar-refractivity contribution in [2.75, 3.05) is 19.6 Å². The number of amides is 1. The first kappa shape index (κ1) is 14.5. The fourth-order valence-electron chi connectivity index (χ4n) is 2.97. The van der Waals surface area contributed by atoms with E-state index in [1.165, 1.54) is 13.0 Å². The van der Waals surface area contributed by atoms with Crippen molar-refractivity contribution in [1.29, 1.82) is 0 Å². The Balaban J connectivity index is 2.57. The number of hydrogen-bond donors (Lipinski definition) is 1. The molecule has 1 amide bonds. The third-order valence-electron chi connectivity index (χ3n) is 3.37. The number of likely N-dealkylation sites (N-methyl/N-ethyl adjacent to an activating group) is 1. The van der Waals surface area contributed by atoms with Crippen LogP contribution in [0.1, 0.15) is 47.5 Å². The van der Waals surface area contributed by atoms with Crippen LogP contribution in [0.15, 0.2) is 0 Å². The van der Waals surface area contributed by atoms with Crippen LogP contribution in [0.25, 0.3) is 0 Å². The molecule has 2 unspecified atom stereocenters. The molecule has 2 atom stereocenters. The first-order chi connectivity index (χ1) is 7.80. The molecule has 1 saturated heterocycles. The van der Waals surface area contributed by atoms with E-state index in [0.29, 0.717) is 17.4 Å². The van der Waals surface area contributed by atoms with Gasteiger partial charge in [0.1, 0.15) is 0 Å². The summed E-state index contributed by atoms with van der Waals surface area (Å²) in [4.78, 5) is 13.6. The van der Waals surface area contributed by atoms with Gasteiger partial charge in [-0.3, -0.25) is 4.79 Å². The first-order valence-corrected chi connectivity index (χ1v) is 6.79. The number of nitrogens with zero attached hydrogens (tertiary/aromatic N) is 1. The van der Waals surface area contributed by atoms with E-state index in [1.807, 2.05) is 0 Å². The van der Waals surface area contributed by atoms with Crippen molar-refractivity contribution in [1.82, 2.24) is 10.2 Å². The molecule has 0 aliphatic carbocycles. The molecule has 17 heavy (non-hydrogen) atoms. The molecule has 0 aromatic rings. The van der Waals surface area contributed by atoms with Gasteiger partial charge in [0.2, 0.25) is 5.91 Å². The molecule has 0 saturated carbocycles. The summed E-state index contributed by atoms with van der Waals surface area (Å²) in [6, 6.07) is 0.341. The van der Waals surface area contributed by atoms with Gasteiger partial charge in [-0.2, -0.15) is 0 Å². The molecular formula is C14H28N2O. The van der Waals surface area contributed by atoms with Gasteiger partial charge in [0.25, 0.3) is 0 Å². The lowest BCUT2D eigenvalue weighted by Gasteiger charge is -2.39. The normalized spacial score (nSPS) is 26.9. The molecule has 0 bridgehead atoms. The third kappa shape index (κ3) is 5.53.